The van der Waals surface area contributed by atoms with Crippen LogP contribution in [0.25, 0.3) is 0 Å². The first kappa shape index (κ1) is 23.5. The fourth-order valence-electron chi connectivity index (χ4n) is 3.64. The minimum atomic E-state index is -0.815. The zero-order valence-electron chi connectivity index (χ0n) is 18.0. The Morgan fingerprint density at radius 1 is 1.19 bits per heavy atom. The van der Waals surface area contributed by atoms with E-state index in [0.717, 1.165) is 17.0 Å². The van der Waals surface area contributed by atoms with Crippen LogP contribution in [0.4, 0.5) is 29.7 Å². The molecule has 10 nitrogen and oxygen atoms in total. The van der Waals surface area contributed by atoms with Gasteiger partial charge in [0.25, 0.3) is 0 Å². The van der Waals surface area contributed by atoms with Gasteiger partial charge in [-0.25, -0.2) is 18.4 Å². The lowest BCUT2D eigenvalue weighted by Gasteiger charge is -2.36. The Labute approximate surface area is 184 Å². The van der Waals surface area contributed by atoms with Gasteiger partial charge >= 0.3 is 12.2 Å². The van der Waals surface area contributed by atoms with E-state index in [1.54, 1.807) is 23.8 Å². The van der Waals surface area contributed by atoms with Crippen molar-refractivity contribution in [2.45, 2.75) is 13.0 Å². The standard InChI is InChI=1S/C20H27F2N5O5/c1-3-24-19(29)31-12-14-11-27(20(30)32-14)13-8-15(21)18(16(22)9-13)26-6-4-25(5-7-26)17(28)10-23-2/h8-9,14,23H,3-7,10-12H2,1-2H3,(H,24,29). The molecule has 1 unspecified atom stereocenters. The molecule has 2 saturated heterocycles. The molecule has 2 aliphatic rings. The third kappa shape index (κ3) is 5.36. The predicted octanol–water partition coefficient (Wildman–Crippen LogP) is 0.904. The van der Waals surface area contributed by atoms with Crippen LogP contribution in [0.2, 0.25) is 0 Å². The molecule has 32 heavy (non-hydrogen) atoms. The van der Waals surface area contributed by atoms with E-state index in [2.05, 4.69) is 10.6 Å². The summed E-state index contributed by atoms with van der Waals surface area (Å²) in [6.45, 7) is 3.42. The molecule has 0 aromatic heterocycles. The lowest BCUT2D eigenvalue weighted by Crippen LogP contribution is -2.51. The highest BCUT2D eigenvalue weighted by Gasteiger charge is 2.35. The maximum Gasteiger partial charge on any atom is 0.414 e. The number of hydrogen-bond donors (Lipinski definition) is 2. The molecule has 0 radical (unpaired) electrons. The number of carbonyl (C=O) groups excluding carboxylic acids is 3. The molecule has 1 atom stereocenters. The molecule has 0 spiro atoms. The molecule has 3 rings (SSSR count). The lowest BCUT2D eigenvalue weighted by atomic mass is 10.2. The molecule has 0 bridgehead atoms. The van der Waals surface area contributed by atoms with Crippen LogP contribution in [0.15, 0.2) is 12.1 Å². The highest BCUT2D eigenvalue weighted by atomic mass is 19.1. The summed E-state index contributed by atoms with van der Waals surface area (Å²) in [7, 11) is 1.68. The number of halogens is 2. The molecule has 2 N–H and O–H groups in total. The number of nitrogens with one attached hydrogen (secondary N) is 2. The zero-order chi connectivity index (χ0) is 23.3. The summed E-state index contributed by atoms with van der Waals surface area (Å²) in [6.07, 6.45) is -2.17. The van der Waals surface area contributed by atoms with Crippen molar-refractivity contribution in [1.29, 1.82) is 0 Å². The molecule has 0 saturated carbocycles. The van der Waals surface area contributed by atoms with Crippen LogP contribution >= 0.6 is 0 Å². The van der Waals surface area contributed by atoms with Crippen molar-refractivity contribution in [1.82, 2.24) is 15.5 Å². The van der Waals surface area contributed by atoms with E-state index in [-0.39, 0.29) is 50.1 Å². The highest BCUT2D eigenvalue weighted by molar-refractivity contribution is 5.90. The number of carbonyl (C=O) groups is 3. The maximum absolute atomic E-state index is 14.9. The number of piperazine rings is 1. The fraction of sp³-hybridized carbons (Fsp3) is 0.550. The highest BCUT2D eigenvalue weighted by Crippen LogP contribution is 2.31. The summed E-state index contributed by atoms with van der Waals surface area (Å²) in [5, 5.41) is 5.24. The molecule has 0 aliphatic carbocycles. The van der Waals surface area contributed by atoms with Gasteiger partial charge < -0.3 is 29.9 Å². The van der Waals surface area contributed by atoms with Gasteiger partial charge in [0.05, 0.1) is 18.8 Å². The van der Waals surface area contributed by atoms with Gasteiger partial charge in [0.1, 0.15) is 12.3 Å². The van der Waals surface area contributed by atoms with Crippen LogP contribution in [0.3, 0.4) is 0 Å². The SMILES string of the molecule is CCNC(=O)OCC1CN(c2cc(F)c(N3CCN(C(=O)CNC)CC3)c(F)c2)C(=O)O1. The number of rotatable bonds is 7. The minimum absolute atomic E-state index is 0.0112. The fourth-order valence-corrected chi connectivity index (χ4v) is 3.64. The topological polar surface area (TPSA) is 103 Å². The van der Waals surface area contributed by atoms with Crippen molar-refractivity contribution in [2.75, 3.05) is 69.3 Å². The Bertz CT molecular complexity index is 840. The molecule has 2 fully saturated rings. The van der Waals surface area contributed by atoms with E-state index in [1.165, 1.54) is 0 Å². The van der Waals surface area contributed by atoms with Crippen molar-refractivity contribution in [3.8, 4) is 0 Å². The summed E-state index contributed by atoms with van der Waals surface area (Å²) in [5.41, 5.74) is -0.185. The molecule has 2 aliphatic heterocycles. The van der Waals surface area contributed by atoms with Crippen molar-refractivity contribution in [2.24, 2.45) is 0 Å². The summed E-state index contributed by atoms with van der Waals surface area (Å²) in [5.74, 6) is -1.70. The molecule has 176 valence electrons. The Balaban J connectivity index is 1.64. The minimum Gasteiger partial charge on any atom is -0.446 e. The number of ether oxygens (including phenoxy) is 2. The second-order valence-electron chi connectivity index (χ2n) is 7.40. The molecule has 12 heteroatoms. The van der Waals surface area contributed by atoms with Crippen LogP contribution in [0.1, 0.15) is 6.92 Å². The first-order chi connectivity index (χ1) is 15.3. The van der Waals surface area contributed by atoms with Gasteiger partial charge in [0, 0.05) is 44.9 Å². The van der Waals surface area contributed by atoms with E-state index in [4.69, 9.17) is 9.47 Å². The van der Waals surface area contributed by atoms with Crippen LogP contribution in [0.5, 0.6) is 0 Å². The second-order valence-corrected chi connectivity index (χ2v) is 7.40. The largest absolute Gasteiger partial charge is 0.446 e. The number of nitrogens with zero attached hydrogens (tertiary/aromatic N) is 3. The van der Waals surface area contributed by atoms with E-state index in [0.29, 0.717) is 19.6 Å². The second kappa shape index (κ2) is 10.4. The van der Waals surface area contributed by atoms with Crippen LogP contribution in [-0.2, 0) is 14.3 Å². The smallest absolute Gasteiger partial charge is 0.414 e. The first-order valence-electron chi connectivity index (χ1n) is 10.4. The normalized spacial score (nSPS) is 18.6. The van der Waals surface area contributed by atoms with Gasteiger partial charge in [-0.2, -0.15) is 0 Å². The van der Waals surface area contributed by atoms with Crippen LogP contribution in [-0.4, -0.2) is 88.6 Å². The average Bonchev–Trinajstić information content (AvgIpc) is 3.13. The Morgan fingerprint density at radius 3 is 2.44 bits per heavy atom. The number of anilines is 2. The van der Waals surface area contributed by atoms with E-state index in [1.807, 2.05) is 0 Å². The summed E-state index contributed by atoms with van der Waals surface area (Å²) in [4.78, 5) is 39.8. The van der Waals surface area contributed by atoms with Crippen molar-refractivity contribution in [3.63, 3.8) is 0 Å². The molecular formula is C20H27F2N5O5. The zero-order valence-corrected chi connectivity index (χ0v) is 18.0. The molecular weight excluding hydrogens is 428 g/mol. The lowest BCUT2D eigenvalue weighted by molar-refractivity contribution is -0.130. The maximum atomic E-state index is 14.9. The Morgan fingerprint density at radius 2 is 1.84 bits per heavy atom. The Kier molecular flexibility index (Phi) is 7.67. The summed E-state index contributed by atoms with van der Waals surface area (Å²) in [6, 6.07) is 2.15. The van der Waals surface area contributed by atoms with Gasteiger partial charge in [-0.05, 0) is 14.0 Å². The van der Waals surface area contributed by atoms with E-state index < -0.39 is 29.9 Å². The molecule has 1 aromatic carbocycles. The predicted molar refractivity (Wildman–Crippen MR) is 112 cm³/mol. The molecule has 2 heterocycles. The van der Waals surface area contributed by atoms with Crippen molar-refractivity contribution in [3.05, 3.63) is 23.8 Å². The summed E-state index contributed by atoms with van der Waals surface area (Å²) >= 11 is 0. The van der Waals surface area contributed by atoms with Gasteiger partial charge in [-0.1, -0.05) is 0 Å². The third-order valence-electron chi connectivity index (χ3n) is 5.19. The quantitative estimate of drug-likeness (QED) is 0.630. The first-order valence-corrected chi connectivity index (χ1v) is 10.4. The number of cyclic esters (lactones) is 1. The van der Waals surface area contributed by atoms with Gasteiger partial charge in [-0.3, -0.25) is 9.69 Å². The number of amides is 3. The van der Waals surface area contributed by atoms with E-state index in [9.17, 15) is 23.2 Å². The third-order valence-corrected chi connectivity index (χ3v) is 5.19. The average molecular weight is 455 g/mol. The van der Waals surface area contributed by atoms with Gasteiger partial charge in [0.2, 0.25) is 5.91 Å². The summed E-state index contributed by atoms with van der Waals surface area (Å²) < 4.78 is 39.8. The monoisotopic (exact) mass is 455 g/mol. The van der Waals surface area contributed by atoms with Crippen LogP contribution in [0, 0.1) is 11.6 Å². The van der Waals surface area contributed by atoms with Crippen molar-refractivity contribution < 1.29 is 32.6 Å². The number of likely N-dealkylation sites (N-methyl/N-ethyl adjacent to an activating group) is 1. The van der Waals surface area contributed by atoms with Crippen LogP contribution < -0.4 is 20.4 Å². The van der Waals surface area contributed by atoms with Gasteiger partial charge in [0.15, 0.2) is 17.7 Å². The number of benzene rings is 1. The Hall–Kier alpha value is -3.15. The van der Waals surface area contributed by atoms with Gasteiger partial charge in [-0.15, -0.1) is 0 Å². The van der Waals surface area contributed by atoms with Crippen molar-refractivity contribution >= 4 is 29.5 Å². The molecule has 3 amide bonds. The number of alkyl carbamates (subject to hydrolysis) is 1. The molecule has 1 aromatic rings. The number of hydrogen-bond acceptors (Lipinski definition) is 7. The van der Waals surface area contributed by atoms with E-state index >= 15 is 0 Å².